The molecule has 2 aliphatic rings. The summed E-state index contributed by atoms with van der Waals surface area (Å²) < 4.78 is 7.84. The van der Waals surface area contributed by atoms with Gasteiger partial charge in [-0.25, -0.2) is 0 Å². The van der Waals surface area contributed by atoms with E-state index in [2.05, 4.69) is 23.4 Å². The summed E-state index contributed by atoms with van der Waals surface area (Å²) in [5.74, 6) is 0. The van der Waals surface area contributed by atoms with Crippen molar-refractivity contribution < 1.29 is 4.74 Å². The number of rotatable bonds is 6. The second-order valence-electron chi connectivity index (χ2n) is 6.36. The first-order chi connectivity index (χ1) is 9.74. The molecule has 0 amide bonds. The van der Waals surface area contributed by atoms with E-state index in [0.717, 1.165) is 19.6 Å². The Morgan fingerprint density at radius 1 is 1.45 bits per heavy atom. The second-order valence-corrected chi connectivity index (χ2v) is 6.36. The highest BCUT2D eigenvalue weighted by Crippen LogP contribution is 2.54. The van der Waals surface area contributed by atoms with Crippen molar-refractivity contribution >= 4 is 0 Å². The molecule has 20 heavy (non-hydrogen) atoms. The van der Waals surface area contributed by atoms with Gasteiger partial charge in [-0.1, -0.05) is 12.8 Å². The van der Waals surface area contributed by atoms with Gasteiger partial charge in [0.1, 0.15) is 0 Å². The van der Waals surface area contributed by atoms with Gasteiger partial charge in [0.2, 0.25) is 0 Å². The topological polar surface area (TPSA) is 39.1 Å². The van der Waals surface area contributed by atoms with Gasteiger partial charge in [-0.15, -0.1) is 0 Å². The Labute approximate surface area is 121 Å². The van der Waals surface area contributed by atoms with Crippen LogP contribution in [0.2, 0.25) is 0 Å². The molecule has 2 unspecified atom stereocenters. The molecule has 4 nitrogen and oxygen atoms in total. The van der Waals surface area contributed by atoms with Crippen molar-refractivity contribution in [3.05, 3.63) is 18.0 Å². The van der Waals surface area contributed by atoms with Crippen LogP contribution in [0.25, 0.3) is 0 Å². The van der Waals surface area contributed by atoms with E-state index in [0.29, 0.717) is 17.6 Å². The largest absolute Gasteiger partial charge is 0.378 e. The van der Waals surface area contributed by atoms with Crippen LogP contribution in [0.5, 0.6) is 0 Å². The van der Waals surface area contributed by atoms with Crippen LogP contribution < -0.4 is 5.32 Å². The second kappa shape index (κ2) is 5.86. The maximum Gasteiger partial charge on any atom is 0.0661 e. The van der Waals surface area contributed by atoms with Gasteiger partial charge in [0.05, 0.1) is 11.8 Å². The molecule has 2 aliphatic carbocycles. The van der Waals surface area contributed by atoms with Gasteiger partial charge in [0, 0.05) is 44.3 Å². The number of aryl methyl sites for hydroxylation is 1. The van der Waals surface area contributed by atoms with Crippen molar-refractivity contribution in [3.63, 3.8) is 0 Å². The van der Waals surface area contributed by atoms with Crippen LogP contribution in [0, 0.1) is 5.41 Å². The molecule has 0 bridgehead atoms. The standard InChI is InChI=1S/C16H27N3O/c1-3-20-15-12-14(16(15)8-4-5-9-16)17-10-6-13-7-11-19(2)18-13/h7,11,14-15,17H,3-6,8-10,12H2,1-2H3. The van der Waals surface area contributed by atoms with Crippen molar-refractivity contribution in [2.75, 3.05) is 13.2 Å². The molecular weight excluding hydrogens is 250 g/mol. The molecule has 1 heterocycles. The van der Waals surface area contributed by atoms with Crippen LogP contribution >= 0.6 is 0 Å². The number of hydrogen-bond acceptors (Lipinski definition) is 3. The number of aromatic nitrogens is 2. The summed E-state index contributed by atoms with van der Waals surface area (Å²) >= 11 is 0. The van der Waals surface area contributed by atoms with Crippen molar-refractivity contribution in [1.29, 1.82) is 0 Å². The highest BCUT2D eigenvalue weighted by molar-refractivity contribution is 5.10. The van der Waals surface area contributed by atoms with E-state index in [1.165, 1.54) is 37.8 Å². The lowest BCUT2D eigenvalue weighted by molar-refractivity contribution is -0.130. The average Bonchev–Trinajstić information content (AvgIpc) is 3.07. The minimum absolute atomic E-state index is 0.445. The SMILES string of the molecule is CCOC1CC(NCCc2ccn(C)n2)C12CCCC2. The van der Waals surface area contributed by atoms with E-state index in [-0.39, 0.29) is 0 Å². The molecule has 1 spiro atoms. The lowest BCUT2D eigenvalue weighted by atomic mass is 9.60. The Morgan fingerprint density at radius 2 is 2.25 bits per heavy atom. The quantitative estimate of drug-likeness (QED) is 0.867. The predicted octanol–water partition coefficient (Wildman–Crippen LogP) is 2.29. The van der Waals surface area contributed by atoms with E-state index in [9.17, 15) is 0 Å². The highest BCUT2D eigenvalue weighted by Gasteiger charge is 2.56. The van der Waals surface area contributed by atoms with Gasteiger partial charge in [-0.3, -0.25) is 4.68 Å². The number of hydrogen-bond donors (Lipinski definition) is 1. The molecule has 112 valence electrons. The zero-order valence-corrected chi connectivity index (χ0v) is 12.8. The van der Waals surface area contributed by atoms with Gasteiger partial charge in [0.25, 0.3) is 0 Å². The Hall–Kier alpha value is -0.870. The number of nitrogens with one attached hydrogen (secondary N) is 1. The summed E-state index contributed by atoms with van der Waals surface area (Å²) in [7, 11) is 1.98. The lowest BCUT2D eigenvalue weighted by Gasteiger charge is -2.54. The molecule has 1 aromatic rings. The highest BCUT2D eigenvalue weighted by atomic mass is 16.5. The first-order valence-corrected chi connectivity index (χ1v) is 8.08. The molecule has 1 N–H and O–H groups in total. The summed E-state index contributed by atoms with van der Waals surface area (Å²) in [6.45, 7) is 4.00. The zero-order chi connectivity index (χ0) is 14.0. The maximum atomic E-state index is 5.96. The normalized spacial score (nSPS) is 27.9. The fraction of sp³-hybridized carbons (Fsp3) is 0.812. The van der Waals surface area contributed by atoms with Crippen LogP contribution in [0.15, 0.2) is 12.3 Å². The molecule has 0 saturated heterocycles. The third-order valence-electron chi connectivity index (χ3n) is 5.23. The van der Waals surface area contributed by atoms with Crippen LogP contribution in [0.1, 0.15) is 44.7 Å². The zero-order valence-electron chi connectivity index (χ0n) is 12.8. The van der Waals surface area contributed by atoms with Crippen molar-refractivity contribution in [2.24, 2.45) is 12.5 Å². The molecule has 0 radical (unpaired) electrons. The fourth-order valence-corrected chi connectivity index (χ4v) is 4.14. The number of ether oxygens (including phenoxy) is 1. The summed E-state index contributed by atoms with van der Waals surface area (Å²) in [5, 5.41) is 8.21. The van der Waals surface area contributed by atoms with E-state index < -0.39 is 0 Å². The first-order valence-electron chi connectivity index (χ1n) is 8.08. The van der Waals surface area contributed by atoms with E-state index in [1.54, 1.807) is 0 Å². The van der Waals surface area contributed by atoms with Crippen LogP contribution in [-0.4, -0.2) is 35.1 Å². The summed E-state index contributed by atoms with van der Waals surface area (Å²) in [5.41, 5.74) is 1.63. The smallest absolute Gasteiger partial charge is 0.0661 e. The van der Waals surface area contributed by atoms with Crippen LogP contribution in [0.4, 0.5) is 0 Å². The molecule has 0 aliphatic heterocycles. The monoisotopic (exact) mass is 277 g/mol. The summed E-state index contributed by atoms with van der Waals surface area (Å²) in [6.07, 6.45) is 10.2. The van der Waals surface area contributed by atoms with Crippen LogP contribution in [0.3, 0.4) is 0 Å². The van der Waals surface area contributed by atoms with Crippen molar-refractivity contribution in [2.45, 2.75) is 57.6 Å². The average molecular weight is 277 g/mol. The van der Waals surface area contributed by atoms with Gasteiger partial charge in [-0.2, -0.15) is 5.10 Å². The van der Waals surface area contributed by atoms with E-state index in [1.807, 2.05) is 17.9 Å². The first kappa shape index (κ1) is 14.1. The van der Waals surface area contributed by atoms with Gasteiger partial charge < -0.3 is 10.1 Å². The predicted molar refractivity (Wildman–Crippen MR) is 79.6 cm³/mol. The molecule has 0 aromatic carbocycles. The van der Waals surface area contributed by atoms with Crippen molar-refractivity contribution in [1.82, 2.24) is 15.1 Å². The summed E-state index contributed by atoms with van der Waals surface area (Å²) in [4.78, 5) is 0. The van der Waals surface area contributed by atoms with Gasteiger partial charge >= 0.3 is 0 Å². The maximum absolute atomic E-state index is 5.96. The molecule has 3 rings (SSSR count). The van der Waals surface area contributed by atoms with Crippen LogP contribution in [-0.2, 0) is 18.2 Å². The third-order valence-corrected chi connectivity index (χ3v) is 5.23. The fourth-order valence-electron chi connectivity index (χ4n) is 4.14. The van der Waals surface area contributed by atoms with Gasteiger partial charge in [0.15, 0.2) is 0 Å². The lowest BCUT2D eigenvalue weighted by Crippen LogP contribution is -2.62. The molecule has 1 aromatic heterocycles. The Balaban J connectivity index is 1.50. The molecule has 2 fully saturated rings. The molecule has 2 atom stereocenters. The minimum Gasteiger partial charge on any atom is -0.378 e. The number of nitrogens with zero attached hydrogens (tertiary/aromatic N) is 2. The Kier molecular flexibility index (Phi) is 4.13. The third kappa shape index (κ3) is 2.51. The minimum atomic E-state index is 0.445. The molecule has 2 saturated carbocycles. The van der Waals surface area contributed by atoms with Gasteiger partial charge in [-0.05, 0) is 32.3 Å². The summed E-state index contributed by atoms with van der Waals surface area (Å²) in [6, 6.07) is 2.77. The molecule has 4 heteroatoms. The van der Waals surface area contributed by atoms with E-state index in [4.69, 9.17) is 4.74 Å². The Bertz CT molecular complexity index is 437. The molecular formula is C16H27N3O. The van der Waals surface area contributed by atoms with E-state index >= 15 is 0 Å². The Morgan fingerprint density at radius 3 is 2.90 bits per heavy atom. The van der Waals surface area contributed by atoms with Crippen molar-refractivity contribution in [3.8, 4) is 0 Å².